The average Bonchev–Trinajstić information content (AvgIpc) is 2.75. The maximum atomic E-state index is 11.9. The lowest BCUT2D eigenvalue weighted by molar-refractivity contribution is 0.0805. The number of carbonyl (C=O) groups excluding carboxylic acids is 1. The molecule has 0 aliphatic carbocycles. The van der Waals surface area contributed by atoms with Gasteiger partial charge in [-0.2, -0.15) is 0 Å². The van der Waals surface area contributed by atoms with Gasteiger partial charge in [-0.1, -0.05) is 0 Å². The van der Waals surface area contributed by atoms with Crippen molar-refractivity contribution >= 4 is 5.91 Å². The van der Waals surface area contributed by atoms with Crippen molar-refractivity contribution in [2.45, 2.75) is 52.1 Å². The zero-order valence-corrected chi connectivity index (χ0v) is 12.2. The molecule has 1 fully saturated rings. The topological polar surface area (TPSA) is 73.9 Å². The molecule has 0 radical (unpaired) electrons. The monoisotopic (exact) mass is 265 g/mol. The van der Waals surface area contributed by atoms with E-state index in [2.05, 4.69) is 46.2 Å². The highest BCUT2D eigenvalue weighted by molar-refractivity contribution is 5.90. The van der Waals surface area contributed by atoms with Crippen molar-refractivity contribution < 1.29 is 4.79 Å². The van der Waals surface area contributed by atoms with E-state index in [9.17, 15) is 4.79 Å². The Bertz CT molecular complexity index is 440. The van der Waals surface area contributed by atoms with Crippen LogP contribution in [-0.2, 0) is 0 Å². The molecule has 1 aliphatic heterocycles. The zero-order chi connectivity index (χ0) is 14.0. The second-order valence-electron chi connectivity index (χ2n) is 6.15. The molecular formula is C13H23N5O. The molecule has 19 heavy (non-hydrogen) atoms. The molecule has 1 saturated heterocycles. The SMILES string of the molecule is Cc1nc(C(=O)NC2CCN(C(C)(C)C)CC2)n[nH]1. The maximum Gasteiger partial charge on any atom is 0.291 e. The van der Waals surface area contributed by atoms with Crippen LogP contribution in [0, 0.1) is 6.92 Å². The van der Waals surface area contributed by atoms with Crippen molar-refractivity contribution in [3.8, 4) is 0 Å². The number of aromatic nitrogens is 3. The number of piperidine rings is 1. The van der Waals surface area contributed by atoms with Crippen LogP contribution in [0.1, 0.15) is 50.1 Å². The van der Waals surface area contributed by atoms with Crippen molar-refractivity contribution in [2.75, 3.05) is 13.1 Å². The lowest BCUT2D eigenvalue weighted by Gasteiger charge is -2.40. The minimum absolute atomic E-state index is 0.182. The molecule has 1 aromatic heterocycles. The summed E-state index contributed by atoms with van der Waals surface area (Å²) in [5, 5.41) is 9.57. The second-order valence-corrected chi connectivity index (χ2v) is 6.15. The maximum absolute atomic E-state index is 11.9. The summed E-state index contributed by atoms with van der Waals surface area (Å²) in [5.41, 5.74) is 0.204. The van der Waals surface area contributed by atoms with Crippen LogP contribution in [0.2, 0.25) is 0 Å². The molecule has 2 heterocycles. The van der Waals surface area contributed by atoms with E-state index in [1.807, 2.05) is 0 Å². The highest BCUT2D eigenvalue weighted by atomic mass is 16.2. The van der Waals surface area contributed by atoms with E-state index >= 15 is 0 Å². The molecule has 1 aromatic rings. The molecule has 6 heteroatoms. The number of hydrogen-bond donors (Lipinski definition) is 2. The van der Waals surface area contributed by atoms with Crippen LogP contribution in [0.3, 0.4) is 0 Å². The number of nitrogens with one attached hydrogen (secondary N) is 2. The fraction of sp³-hybridized carbons (Fsp3) is 0.769. The van der Waals surface area contributed by atoms with Gasteiger partial charge >= 0.3 is 0 Å². The Morgan fingerprint density at radius 1 is 1.37 bits per heavy atom. The van der Waals surface area contributed by atoms with Crippen LogP contribution in [0.4, 0.5) is 0 Å². The van der Waals surface area contributed by atoms with Crippen molar-refractivity contribution in [1.29, 1.82) is 0 Å². The van der Waals surface area contributed by atoms with Gasteiger partial charge in [0, 0.05) is 24.7 Å². The van der Waals surface area contributed by atoms with E-state index in [4.69, 9.17) is 0 Å². The highest BCUT2D eigenvalue weighted by Crippen LogP contribution is 2.20. The standard InChI is InChI=1S/C13H23N5O/c1-9-14-11(17-16-9)12(19)15-10-5-7-18(8-6-10)13(2,3)4/h10H,5-8H2,1-4H3,(H,15,19)(H,14,16,17). The molecule has 0 atom stereocenters. The fourth-order valence-corrected chi connectivity index (χ4v) is 2.39. The largest absolute Gasteiger partial charge is 0.346 e. The Hall–Kier alpha value is -1.43. The van der Waals surface area contributed by atoms with Crippen molar-refractivity contribution in [3.63, 3.8) is 0 Å². The highest BCUT2D eigenvalue weighted by Gasteiger charge is 2.28. The van der Waals surface area contributed by atoms with E-state index in [0.29, 0.717) is 5.82 Å². The van der Waals surface area contributed by atoms with E-state index in [-0.39, 0.29) is 23.3 Å². The Kier molecular flexibility index (Phi) is 3.89. The van der Waals surface area contributed by atoms with Gasteiger partial charge in [0.05, 0.1) is 0 Å². The van der Waals surface area contributed by atoms with Gasteiger partial charge in [-0.3, -0.25) is 14.8 Å². The van der Waals surface area contributed by atoms with E-state index in [1.54, 1.807) is 6.92 Å². The lowest BCUT2D eigenvalue weighted by Crippen LogP contribution is -2.50. The first-order valence-corrected chi connectivity index (χ1v) is 6.81. The summed E-state index contributed by atoms with van der Waals surface area (Å²) < 4.78 is 0. The molecule has 0 unspecified atom stereocenters. The van der Waals surface area contributed by atoms with Gasteiger partial charge in [-0.25, -0.2) is 4.98 Å². The van der Waals surface area contributed by atoms with Crippen LogP contribution in [0.25, 0.3) is 0 Å². The summed E-state index contributed by atoms with van der Waals surface area (Å²) in [7, 11) is 0. The van der Waals surface area contributed by atoms with E-state index in [0.717, 1.165) is 25.9 Å². The molecule has 2 N–H and O–H groups in total. The summed E-state index contributed by atoms with van der Waals surface area (Å²) >= 11 is 0. The molecule has 0 bridgehead atoms. The zero-order valence-electron chi connectivity index (χ0n) is 12.2. The smallest absolute Gasteiger partial charge is 0.291 e. The third-order valence-corrected chi connectivity index (χ3v) is 3.58. The molecule has 1 amide bonds. The van der Waals surface area contributed by atoms with Gasteiger partial charge in [0.1, 0.15) is 5.82 Å². The Balaban J connectivity index is 1.84. The fourth-order valence-electron chi connectivity index (χ4n) is 2.39. The molecule has 0 spiro atoms. The van der Waals surface area contributed by atoms with Gasteiger partial charge in [-0.15, -0.1) is 5.10 Å². The predicted octanol–water partition coefficient (Wildman–Crippen LogP) is 1.11. The first-order valence-electron chi connectivity index (χ1n) is 6.81. The average molecular weight is 265 g/mol. The number of carbonyl (C=O) groups is 1. The normalized spacial score (nSPS) is 18.5. The van der Waals surface area contributed by atoms with Crippen LogP contribution in [0.15, 0.2) is 0 Å². The first-order chi connectivity index (χ1) is 8.86. The third kappa shape index (κ3) is 3.53. The predicted molar refractivity (Wildman–Crippen MR) is 72.9 cm³/mol. The number of aromatic amines is 1. The number of rotatable bonds is 2. The van der Waals surface area contributed by atoms with E-state index < -0.39 is 0 Å². The minimum atomic E-state index is -0.182. The molecule has 6 nitrogen and oxygen atoms in total. The summed E-state index contributed by atoms with van der Waals surface area (Å²) in [5.74, 6) is 0.710. The number of aryl methyl sites for hydroxylation is 1. The molecule has 1 aliphatic rings. The minimum Gasteiger partial charge on any atom is -0.346 e. The Labute approximate surface area is 114 Å². The van der Waals surface area contributed by atoms with Crippen LogP contribution >= 0.6 is 0 Å². The molecule has 0 saturated carbocycles. The van der Waals surface area contributed by atoms with Crippen LogP contribution in [0.5, 0.6) is 0 Å². The number of nitrogens with zero attached hydrogens (tertiary/aromatic N) is 3. The van der Waals surface area contributed by atoms with Gasteiger partial charge < -0.3 is 5.32 Å². The summed E-state index contributed by atoms with van der Waals surface area (Å²) in [4.78, 5) is 18.4. The summed E-state index contributed by atoms with van der Waals surface area (Å²) in [6.45, 7) is 10.5. The quantitative estimate of drug-likeness (QED) is 0.840. The molecule has 2 rings (SSSR count). The molecular weight excluding hydrogens is 242 g/mol. The number of amides is 1. The lowest BCUT2D eigenvalue weighted by atomic mass is 9.98. The molecule has 106 valence electrons. The summed E-state index contributed by atoms with van der Waals surface area (Å²) in [6.07, 6.45) is 1.96. The summed E-state index contributed by atoms with van der Waals surface area (Å²) in [6, 6.07) is 0.227. The van der Waals surface area contributed by atoms with Crippen LogP contribution in [-0.4, -0.2) is 50.7 Å². The first kappa shape index (κ1) is 14.0. The number of H-pyrrole nitrogens is 1. The van der Waals surface area contributed by atoms with Crippen molar-refractivity contribution in [1.82, 2.24) is 25.4 Å². The van der Waals surface area contributed by atoms with Crippen molar-refractivity contribution in [3.05, 3.63) is 11.6 Å². The van der Waals surface area contributed by atoms with E-state index in [1.165, 1.54) is 0 Å². The Morgan fingerprint density at radius 3 is 2.47 bits per heavy atom. The third-order valence-electron chi connectivity index (χ3n) is 3.58. The van der Waals surface area contributed by atoms with Gasteiger partial charge in [-0.05, 0) is 40.5 Å². The van der Waals surface area contributed by atoms with Gasteiger partial charge in [0.15, 0.2) is 0 Å². The number of likely N-dealkylation sites (tertiary alicyclic amines) is 1. The van der Waals surface area contributed by atoms with Gasteiger partial charge in [0.2, 0.25) is 5.82 Å². The Morgan fingerprint density at radius 2 is 2.00 bits per heavy atom. The number of hydrogen-bond acceptors (Lipinski definition) is 4. The molecule has 0 aromatic carbocycles. The van der Waals surface area contributed by atoms with Gasteiger partial charge in [0.25, 0.3) is 5.91 Å². The van der Waals surface area contributed by atoms with Crippen LogP contribution < -0.4 is 5.32 Å². The second kappa shape index (κ2) is 5.28. The van der Waals surface area contributed by atoms with Crippen molar-refractivity contribution in [2.24, 2.45) is 0 Å².